The second-order valence-electron chi connectivity index (χ2n) is 5.06. The van der Waals surface area contributed by atoms with Crippen molar-refractivity contribution in [3.63, 3.8) is 0 Å². The molecule has 8 heteroatoms. The van der Waals surface area contributed by atoms with Gasteiger partial charge < -0.3 is 10.1 Å². The Labute approximate surface area is 132 Å². The van der Waals surface area contributed by atoms with Crippen molar-refractivity contribution >= 4 is 31.9 Å². The van der Waals surface area contributed by atoms with Gasteiger partial charge in [0.15, 0.2) is 0 Å². The summed E-state index contributed by atoms with van der Waals surface area (Å²) in [5, 5.41) is 7.99. The molecule has 0 saturated carbocycles. The van der Waals surface area contributed by atoms with E-state index in [9.17, 15) is 13.2 Å². The fourth-order valence-corrected chi connectivity index (χ4v) is 3.21. The molecule has 21 heavy (non-hydrogen) atoms. The second-order valence-corrected chi connectivity index (χ2v) is 7.48. The third-order valence-electron chi connectivity index (χ3n) is 3.33. The van der Waals surface area contributed by atoms with Crippen LogP contribution in [0.25, 0.3) is 0 Å². The predicted octanol–water partition coefficient (Wildman–Crippen LogP) is 1.39. The van der Waals surface area contributed by atoms with Crippen LogP contribution in [0.4, 0.5) is 0 Å². The van der Waals surface area contributed by atoms with E-state index in [0.29, 0.717) is 11.1 Å². The summed E-state index contributed by atoms with van der Waals surface area (Å²) in [5.41, 5.74) is 0.251. The van der Waals surface area contributed by atoms with E-state index in [2.05, 4.69) is 21.2 Å². The first-order chi connectivity index (χ1) is 9.77. The number of nitrogens with one attached hydrogen (secondary N) is 1. The summed E-state index contributed by atoms with van der Waals surface area (Å²) in [5.74, 6) is -0.327. The van der Waals surface area contributed by atoms with Crippen molar-refractivity contribution in [1.29, 1.82) is 0 Å². The van der Waals surface area contributed by atoms with Crippen LogP contribution in [0.15, 0.2) is 27.6 Å². The highest BCUT2D eigenvalue weighted by Crippen LogP contribution is 2.21. The maximum atomic E-state index is 12.3. The molecule has 1 aromatic rings. The first kappa shape index (κ1) is 16.4. The number of sulfonamides is 1. The SMILES string of the molecule is CC1CC(NC(=O)c2cc(S(N)(=O)=O)ccc2Br)CCO1. The Hall–Kier alpha value is -0.960. The van der Waals surface area contributed by atoms with Crippen LogP contribution in [-0.2, 0) is 14.8 Å². The van der Waals surface area contributed by atoms with Gasteiger partial charge >= 0.3 is 0 Å². The molecule has 0 aromatic heterocycles. The number of carbonyl (C=O) groups is 1. The number of hydrogen-bond donors (Lipinski definition) is 2. The fourth-order valence-electron chi connectivity index (χ4n) is 2.25. The van der Waals surface area contributed by atoms with Crippen molar-refractivity contribution in [3.05, 3.63) is 28.2 Å². The number of carbonyl (C=O) groups excluding carboxylic acids is 1. The normalized spacial score (nSPS) is 22.8. The van der Waals surface area contributed by atoms with Crippen molar-refractivity contribution in [2.45, 2.75) is 36.8 Å². The summed E-state index contributed by atoms with van der Waals surface area (Å²) in [4.78, 5) is 12.2. The van der Waals surface area contributed by atoms with E-state index in [-0.39, 0.29) is 28.5 Å². The van der Waals surface area contributed by atoms with Gasteiger partial charge in [-0.3, -0.25) is 4.79 Å². The van der Waals surface area contributed by atoms with E-state index < -0.39 is 10.0 Å². The summed E-state index contributed by atoms with van der Waals surface area (Å²) >= 11 is 3.25. The van der Waals surface area contributed by atoms with Crippen LogP contribution in [0.3, 0.4) is 0 Å². The highest BCUT2D eigenvalue weighted by atomic mass is 79.9. The lowest BCUT2D eigenvalue weighted by molar-refractivity contribution is 0.0136. The molecule has 1 aliphatic rings. The maximum absolute atomic E-state index is 12.3. The van der Waals surface area contributed by atoms with Gasteiger partial charge in [-0.25, -0.2) is 13.6 Å². The molecule has 0 bridgehead atoms. The Morgan fingerprint density at radius 2 is 2.19 bits per heavy atom. The third kappa shape index (κ3) is 4.26. The van der Waals surface area contributed by atoms with Crippen LogP contribution < -0.4 is 10.5 Å². The number of hydrogen-bond acceptors (Lipinski definition) is 4. The fraction of sp³-hybridized carbons (Fsp3) is 0.462. The number of primary sulfonamides is 1. The van der Waals surface area contributed by atoms with Gasteiger partial charge in [-0.05, 0) is 53.9 Å². The summed E-state index contributed by atoms with van der Waals surface area (Å²) in [7, 11) is -3.84. The molecule has 1 amide bonds. The first-order valence-electron chi connectivity index (χ1n) is 6.52. The summed E-state index contributed by atoms with van der Waals surface area (Å²) in [6, 6.07) is 4.15. The molecule has 1 fully saturated rings. The zero-order valence-electron chi connectivity index (χ0n) is 11.5. The predicted molar refractivity (Wildman–Crippen MR) is 81.4 cm³/mol. The Balaban J connectivity index is 2.18. The van der Waals surface area contributed by atoms with Crippen molar-refractivity contribution in [2.24, 2.45) is 5.14 Å². The highest BCUT2D eigenvalue weighted by Gasteiger charge is 2.23. The van der Waals surface area contributed by atoms with Gasteiger partial charge in [-0.15, -0.1) is 0 Å². The van der Waals surface area contributed by atoms with Crippen LogP contribution in [0, 0.1) is 0 Å². The molecule has 1 saturated heterocycles. The maximum Gasteiger partial charge on any atom is 0.252 e. The molecule has 1 heterocycles. The average Bonchev–Trinajstić information content (AvgIpc) is 2.37. The number of amides is 1. The van der Waals surface area contributed by atoms with Gasteiger partial charge in [-0.2, -0.15) is 0 Å². The Morgan fingerprint density at radius 1 is 1.48 bits per heavy atom. The van der Waals surface area contributed by atoms with E-state index in [1.165, 1.54) is 18.2 Å². The minimum absolute atomic E-state index is 0.0197. The summed E-state index contributed by atoms with van der Waals surface area (Å²) < 4.78 is 28.7. The molecular formula is C13H17BrN2O4S. The Kier molecular flexibility index (Phi) is 5.03. The number of rotatable bonds is 3. The van der Waals surface area contributed by atoms with Crippen molar-refractivity contribution in [3.8, 4) is 0 Å². The Morgan fingerprint density at radius 3 is 2.81 bits per heavy atom. The van der Waals surface area contributed by atoms with E-state index in [4.69, 9.17) is 9.88 Å². The van der Waals surface area contributed by atoms with Crippen molar-refractivity contribution < 1.29 is 17.9 Å². The molecule has 0 spiro atoms. The molecular weight excluding hydrogens is 360 g/mol. The lowest BCUT2D eigenvalue weighted by atomic mass is 10.0. The van der Waals surface area contributed by atoms with Crippen LogP contribution >= 0.6 is 15.9 Å². The smallest absolute Gasteiger partial charge is 0.252 e. The molecule has 1 aromatic carbocycles. The molecule has 6 nitrogen and oxygen atoms in total. The number of nitrogens with two attached hydrogens (primary N) is 1. The molecule has 0 aliphatic carbocycles. The van der Waals surface area contributed by atoms with Crippen LogP contribution in [0.5, 0.6) is 0 Å². The minimum Gasteiger partial charge on any atom is -0.378 e. The summed E-state index contributed by atoms with van der Waals surface area (Å²) in [6.45, 7) is 2.56. The van der Waals surface area contributed by atoms with Gasteiger partial charge in [0, 0.05) is 17.1 Å². The Bertz CT molecular complexity index is 648. The highest BCUT2D eigenvalue weighted by molar-refractivity contribution is 9.10. The third-order valence-corrected chi connectivity index (χ3v) is 4.93. The largest absolute Gasteiger partial charge is 0.378 e. The molecule has 2 unspecified atom stereocenters. The molecule has 0 radical (unpaired) electrons. The van der Waals surface area contributed by atoms with Crippen LogP contribution in [-0.4, -0.2) is 33.1 Å². The van der Waals surface area contributed by atoms with Crippen molar-refractivity contribution in [2.75, 3.05) is 6.61 Å². The summed E-state index contributed by atoms with van der Waals surface area (Å²) in [6.07, 6.45) is 1.57. The number of ether oxygens (including phenoxy) is 1. The number of halogens is 1. The minimum atomic E-state index is -3.84. The monoisotopic (exact) mass is 376 g/mol. The van der Waals surface area contributed by atoms with E-state index in [1.807, 2.05) is 6.92 Å². The van der Waals surface area contributed by atoms with Crippen LogP contribution in [0.2, 0.25) is 0 Å². The van der Waals surface area contributed by atoms with E-state index in [0.717, 1.165) is 12.8 Å². The topological polar surface area (TPSA) is 98.5 Å². The number of benzene rings is 1. The zero-order valence-corrected chi connectivity index (χ0v) is 13.9. The molecule has 1 aliphatic heterocycles. The molecule has 2 rings (SSSR count). The first-order valence-corrected chi connectivity index (χ1v) is 8.86. The van der Waals surface area contributed by atoms with Gasteiger partial charge in [0.25, 0.3) is 5.91 Å². The second kappa shape index (κ2) is 6.43. The van der Waals surface area contributed by atoms with Gasteiger partial charge in [0.1, 0.15) is 0 Å². The van der Waals surface area contributed by atoms with Crippen LogP contribution in [0.1, 0.15) is 30.1 Å². The van der Waals surface area contributed by atoms with Gasteiger partial charge in [-0.1, -0.05) is 0 Å². The van der Waals surface area contributed by atoms with Crippen molar-refractivity contribution in [1.82, 2.24) is 5.32 Å². The molecule has 116 valence electrons. The van der Waals surface area contributed by atoms with Gasteiger partial charge in [0.2, 0.25) is 10.0 Å². The molecule has 3 N–H and O–H groups in total. The van der Waals surface area contributed by atoms with E-state index in [1.54, 1.807) is 0 Å². The zero-order chi connectivity index (χ0) is 15.6. The standard InChI is InChI=1S/C13H17BrN2O4S/c1-8-6-9(4-5-20-8)16-13(17)11-7-10(21(15,18)19)2-3-12(11)14/h2-3,7-9H,4-6H2,1H3,(H,16,17)(H2,15,18,19). The lowest BCUT2D eigenvalue weighted by Gasteiger charge is -2.28. The quantitative estimate of drug-likeness (QED) is 0.832. The lowest BCUT2D eigenvalue weighted by Crippen LogP contribution is -2.41. The average molecular weight is 377 g/mol. The van der Waals surface area contributed by atoms with Gasteiger partial charge in [0.05, 0.1) is 16.6 Å². The molecule has 2 atom stereocenters. The van der Waals surface area contributed by atoms with E-state index >= 15 is 0 Å².